The molecule has 1 atom stereocenters. The van der Waals surface area contributed by atoms with Crippen molar-refractivity contribution in [2.45, 2.75) is 6.04 Å². The van der Waals surface area contributed by atoms with Crippen molar-refractivity contribution in [3.63, 3.8) is 0 Å². The van der Waals surface area contributed by atoms with Gasteiger partial charge in [-0.1, -0.05) is 29.3 Å². The van der Waals surface area contributed by atoms with E-state index in [1.165, 1.54) is 0 Å². The van der Waals surface area contributed by atoms with Gasteiger partial charge in [0.15, 0.2) is 0 Å². The molecular formula is C12H11Cl2NO. The molecule has 84 valence electrons. The Morgan fingerprint density at radius 3 is 2.62 bits per heavy atom. The highest BCUT2D eigenvalue weighted by Gasteiger charge is 2.17. The highest BCUT2D eigenvalue weighted by molar-refractivity contribution is 6.35. The predicted octanol–water partition coefficient (Wildman–Crippen LogP) is 3.90. The lowest BCUT2D eigenvalue weighted by molar-refractivity contribution is 0.463. The van der Waals surface area contributed by atoms with E-state index in [2.05, 4.69) is 5.32 Å². The molecule has 0 spiro atoms. The van der Waals surface area contributed by atoms with Gasteiger partial charge < -0.3 is 9.73 Å². The van der Waals surface area contributed by atoms with E-state index in [0.29, 0.717) is 10.0 Å². The molecule has 2 aromatic rings. The molecule has 0 bridgehead atoms. The normalized spacial score (nSPS) is 12.7. The first kappa shape index (κ1) is 11.5. The van der Waals surface area contributed by atoms with Crippen LogP contribution in [0.25, 0.3) is 0 Å². The van der Waals surface area contributed by atoms with Gasteiger partial charge in [-0.2, -0.15) is 0 Å². The van der Waals surface area contributed by atoms with Gasteiger partial charge in [-0.25, -0.2) is 0 Å². The van der Waals surface area contributed by atoms with E-state index in [1.54, 1.807) is 12.3 Å². The number of nitrogens with one attached hydrogen (secondary N) is 1. The molecule has 2 rings (SSSR count). The molecule has 0 saturated heterocycles. The lowest BCUT2D eigenvalue weighted by atomic mass is 10.0. The number of hydrogen-bond donors (Lipinski definition) is 1. The van der Waals surface area contributed by atoms with Crippen molar-refractivity contribution in [1.82, 2.24) is 5.32 Å². The maximum absolute atomic E-state index is 6.15. The third-order valence-electron chi connectivity index (χ3n) is 2.39. The van der Waals surface area contributed by atoms with Crippen LogP contribution in [0.4, 0.5) is 0 Å². The smallest absolute Gasteiger partial charge is 0.125 e. The van der Waals surface area contributed by atoms with E-state index in [-0.39, 0.29) is 6.04 Å². The van der Waals surface area contributed by atoms with Crippen LogP contribution >= 0.6 is 23.2 Å². The zero-order valence-electron chi connectivity index (χ0n) is 8.71. The van der Waals surface area contributed by atoms with Gasteiger partial charge in [-0.15, -0.1) is 0 Å². The summed E-state index contributed by atoms with van der Waals surface area (Å²) in [6.45, 7) is 0. The fourth-order valence-electron chi connectivity index (χ4n) is 1.64. The molecule has 4 heteroatoms. The standard InChI is InChI=1S/C12H11Cl2NO/c1-15-12(11-3-2-6-16-11)9-5-4-8(13)7-10(9)14/h2-7,12,15H,1H3. The van der Waals surface area contributed by atoms with Crippen molar-refractivity contribution >= 4 is 23.2 Å². The summed E-state index contributed by atoms with van der Waals surface area (Å²) < 4.78 is 5.37. The SMILES string of the molecule is CNC(c1ccco1)c1ccc(Cl)cc1Cl. The van der Waals surface area contributed by atoms with Gasteiger partial charge in [0.2, 0.25) is 0 Å². The van der Waals surface area contributed by atoms with E-state index >= 15 is 0 Å². The zero-order valence-corrected chi connectivity index (χ0v) is 10.2. The Hall–Kier alpha value is -0.960. The maximum atomic E-state index is 6.15. The summed E-state index contributed by atoms with van der Waals surface area (Å²) in [5.74, 6) is 0.826. The van der Waals surface area contributed by atoms with Crippen LogP contribution in [0.2, 0.25) is 10.0 Å². The fourth-order valence-corrected chi connectivity index (χ4v) is 2.16. The second kappa shape index (κ2) is 4.91. The largest absolute Gasteiger partial charge is 0.467 e. The summed E-state index contributed by atoms with van der Waals surface area (Å²) in [6, 6.07) is 9.14. The van der Waals surface area contributed by atoms with Gasteiger partial charge in [0.1, 0.15) is 5.76 Å². The summed E-state index contributed by atoms with van der Waals surface area (Å²) in [6.07, 6.45) is 1.64. The Morgan fingerprint density at radius 2 is 2.06 bits per heavy atom. The van der Waals surface area contributed by atoms with E-state index in [9.17, 15) is 0 Å². The van der Waals surface area contributed by atoms with Gasteiger partial charge in [-0.05, 0) is 36.9 Å². The number of furan rings is 1. The lowest BCUT2D eigenvalue weighted by Crippen LogP contribution is -2.17. The minimum absolute atomic E-state index is 0.0558. The van der Waals surface area contributed by atoms with E-state index in [4.69, 9.17) is 27.6 Å². The van der Waals surface area contributed by atoms with Gasteiger partial charge in [0, 0.05) is 10.0 Å². The predicted molar refractivity (Wildman–Crippen MR) is 66.1 cm³/mol. The van der Waals surface area contributed by atoms with E-state index in [0.717, 1.165) is 11.3 Å². The van der Waals surface area contributed by atoms with Crippen LogP contribution in [0.1, 0.15) is 17.4 Å². The van der Waals surface area contributed by atoms with Crippen LogP contribution in [0.3, 0.4) is 0 Å². The van der Waals surface area contributed by atoms with Gasteiger partial charge in [0.05, 0.1) is 12.3 Å². The first-order chi connectivity index (χ1) is 7.72. The topological polar surface area (TPSA) is 25.2 Å². The van der Waals surface area contributed by atoms with E-state index < -0.39 is 0 Å². The van der Waals surface area contributed by atoms with Crippen molar-refractivity contribution in [2.75, 3.05) is 7.05 Å². The molecule has 1 aromatic carbocycles. The summed E-state index contributed by atoms with van der Waals surface area (Å²) in [4.78, 5) is 0. The summed E-state index contributed by atoms with van der Waals surface area (Å²) in [7, 11) is 1.86. The van der Waals surface area contributed by atoms with Crippen LogP contribution in [-0.4, -0.2) is 7.05 Å². The Morgan fingerprint density at radius 1 is 1.25 bits per heavy atom. The Balaban J connectivity index is 2.41. The van der Waals surface area contributed by atoms with Crippen molar-refractivity contribution in [2.24, 2.45) is 0 Å². The molecule has 0 radical (unpaired) electrons. The highest BCUT2D eigenvalue weighted by atomic mass is 35.5. The molecule has 0 saturated carbocycles. The molecule has 0 aliphatic heterocycles. The molecular weight excluding hydrogens is 245 g/mol. The fraction of sp³-hybridized carbons (Fsp3) is 0.167. The molecule has 0 aliphatic carbocycles. The van der Waals surface area contributed by atoms with Crippen LogP contribution in [0, 0.1) is 0 Å². The third kappa shape index (κ3) is 2.24. The average molecular weight is 256 g/mol. The molecule has 0 fully saturated rings. The first-order valence-electron chi connectivity index (χ1n) is 4.88. The molecule has 0 aliphatic rings. The summed E-state index contributed by atoms with van der Waals surface area (Å²) in [5, 5.41) is 4.42. The average Bonchev–Trinajstić information content (AvgIpc) is 2.75. The summed E-state index contributed by atoms with van der Waals surface area (Å²) in [5.41, 5.74) is 0.948. The molecule has 0 amide bonds. The number of halogens is 2. The highest BCUT2D eigenvalue weighted by Crippen LogP contribution is 2.30. The lowest BCUT2D eigenvalue weighted by Gasteiger charge is -2.15. The van der Waals surface area contributed by atoms with Crippen LogP contribution in [0.15, 0.2) is 41.0 Å². The third-order valence-corrected chi connectivity index (χ3v) is 2.95. The maximum Gasteiger partial charge on any atom is 0.125 e. The van der Waals surface area contributed by atoms with Crippen molar-refractivity contribution in [3.8, 4) is 0 Å². The molecule has 2 nitrogen and oxygen atoms in total. The van der Waals surface area contributed by atoms with Crippen molar-refractivity contribution < 1.29 is 4.42 Å². The molecule has 16 heavy (non-hydrogen) atoms. The Kier molecular flexibility index (Phi) is 3.54. The minimum atomic E-state index is -0.0558. The second-order valence-electron chi connectivity index (χ2n) is 3.40. The van der Waals surface area contributed by atoms with Crippen LogP contribution < -0.4 is 5.32 Å². The van der Waals surface area contributed by atoms with Crippen LogP contribution in [-0.2, 0) is 0 Å². The monoisotopic (exact) mass is 255 g/mol. The van der Waals surface area contributed by atoms with Gasteiger partial charge in [-0.3, -0.25) is 0 Å². The minimum Gasteiger partial charge on any atom is -0.467 e. The van der Waals surface area contributed by atoms with Gasteiger partial charge in [0.25, 0.3) is 0 Å². The molecule has 1 aromatic heterocycles. The second-order valence-corrected chi connectivity index (χ2v) is 4.25. The summed E-state index contributed by atoms with van der Waals surface area (Å²) >= 11 is 12.0. The quantitative estimate of drug-likeness (QED) is 0.901. The van der Waals surface area contributed by atoms with Crippen LogP contribution in [0.5, 0.6) is 0 Å². The molecule has 1 unspecified atom stereocenters. The van der Waals surface area contributed by atoms with E-state index in [1.807, 2.05) is 31.3 Å². The molecule has 1 N–H and O–H groups in total. The molecule has 1 heterocycles. The first-order valence-corrected chi connectivity index (χ1v) is 5.63. The Bertz CT molecular complexity index is 468. The Labute approximate surface area is 104 Å². The zero-order chi connectivity index (χ0) is 11.5. The number of rotatable bonds is 3. The number of benzene rings is 1. The van der Waals surface area contributed by atoms with Crippen molar-refractivity contribution in [1.29, 1.82) is 0 Å². The van der Waals surface area contributed by atoms with Gasteiger partial charge >= 0.3 is 0 Å². The number of hydrogen-bond acceptors (Lipinski definition) is 2. The van der Waals surface area contributed by atoms with Crippen molar-refractivity contribution in [3.05, 3.63) is 58.0 Å².